The standard InChI is InChI=1S/C21H22ClF3N2O6S/c1-26(14-6-8-16(9-7-14)33-21(23,24)25)20(29)32-17-10-11-27(15(12-17)13-28)34(30,31)19-5-3-2-4-18(19)22/h2-9,15,17,28H,10-13H2,1H3/t15-,17-/m1/s1. The van der Waals surface area contributed by atoms with Crippen LogP contribution in [0.3, 0.4) is 0 Å². The maximum absolute atomic E-state index is 13.0. The Morgan fingerprint density at radius 1 is 1.21 bits per heavy atom. The van der Waals surface area contributed by atoms with E-state index in [0.717, 1.165) is 21.3 Å². The van der Waals surface area contributed by atoms with Crippen LogP contribution in [0.4, 0.5) is 23.7 Å². The molecule has 0 saturated carbocycles. The number of aliphatic hydroxyl groups excluding tert-OH is 1. The van der Waals surface area contributed by atoms with Crippen molar-refractivity contribution >= 4 is 33.4 Å². The number of piperidine rings is 1. The predicted molar refractivity (Wildman–Crippen MR) is 117 cm³/mol. The Morgan fingerprint density at radius 2 is 1.85 bits per heavy atom. The third-order valence-corrected chi connectivity index (χ3v) is 7.70. The number of ether oxygens (including phenoxy) is 2. The molecular formula is C21H22ClF3N2O6S. The number of sulfonamides is 1. The molecule has 3 rings (SSSR count). The maximum Gasteiger partial charge on any atom is 0.573 e. The van der Waals surface area contributed by atoms with Crippen LogP contribution in [0.25, 0.3) is 0 Å². The maximum atomic E-state index is 13.0. The van der Waals surface area contributed by atoms with E-state index in [0.29, 0.717) is 0 Å². The van der Waals surface area contributed by atoms with Crippen molar-refractivity contribution in [2.45, 2.75) is 36.2 Å². The number of hydrogen-bond acceptors (Lipinski definition) is 6. The number of nitrogens with zero attached hydrogens (tertiary/aromatic N) is 2. The summed E-state index contributed by atoms with van der Waals surface area (Å²) in [7, 11) is -2.61. The van der Waals surface area contributed by atoms with Crippen molar-refractivity contribution in [2.24, 2.45) is 0 Å². The van der Waals surface area contributed by atoms with Crippen LogP contribution in [0.1, 0.15) is 12.8 Å². The number of amides is 1. The van der Waals surface area contributed by atoms with Crippen molar-refractivity contribution < 1.29 is 41.0 Å². The Balaban J connectivity index is 1.64. The van der Waals surface area contributed by atoms with Crippen molar-refractivity contribution in [1.82, 2.24) is 4.31 Å². The van der Waals surface area contributed by atoms with Gasteiger partial charge in [-0.3, -0.25) is 4.90 Å². The molecule has 34 heavy (non-hydrogen) atoms. The van der Waals surface area contributed by atoms with Gasteiger partial charge >= 0.3 is 12.5 Å². The van der Waals surface area contributed by atoms with E-state index in [1.165, 1.54) is 31.3 Å². The largest absolute Gasteiger partial charge is 0.573 e. The van der Waals surface area contributed by atoms with Gasteiger partial charge in [0.15, 0.2) is 0 Å². The topological polar surface area (TPSA) is 96.4 Å². The van der Waals surface area contributed by atoms with E-state index in [1.54, 1.807) is 12.1 Å². The van der Waals surface area contributed by atoms with Gasteiger partial charge in [-0.25, -0.2) is 13.2 Å². The Morgan fingerprint density at radius 3 is 2.44 bits per heavy atom. The van der Waals surface area contributed by atoms with E-state index in [2.05, 4.69) is 4.74 Å². The fraction of sp³-hybridized carbons (Fsp3) is 0.381. The number of rotatable bonds is 6. The average molecular weight is 523 g/mol. The van der Waals surface area contributed by atoms with Gasteiger partial charge in [0.1, 0.15) is 16.7 Å². The Labute approximate surface area is 199 Å². The highest BCUT2D eigenvalue weighted by Crippen LogP contribution is 2.31. The van der Waals surface area contributed by atoms with Crippen LogP contribution in [0.2, 0.25) is 5.02 Å². The monoisotopic (exact) mass is 522 g/mol. The molecular weight excluding hydrogens is 501 g/mol. The third kappa shape index (κ3) is 6.12. The van der Waals surface area contributed by atoms with E-state index < -0.39 is 47.0 Å². The Bertz CT molecular complexity index is 1110. The average Bonchev–Trinajstić information content (AvgIpc) is 2.78. The van der Waals surface area contributed by atoms with Crippen LogP contribution in [0, 0.1) is 0 Å². The highest BCUT2D eigenvalue weighted by atomic mass is 35.5. The first-order valence-electron chi connectivity index (χ1n) is 10.1. The lowest BCUT2D eigenvalue weighted by Gasteiger charge is -2.37. The Kier molecular flexibility index (Phi) is 7.96. The summed E-state index contributed by atoms with van der Waals surface area (Å²) >= 11 is 6.04. The number of carbonyl (C=O) groups is 1. The summed E-state index contributed by atoms with van der Waals surface area (Å²) < 4.78 is 73.4. The lowest BCUT2D eigenvalue weighted by Crippen LogP contribution is -2.50. The number of alkyl halides is 3. The van der Waals surface area contributed by atoms with Gasteiger partial charge in [-0.2, -0.15) is 4.31 Å². The molecule has 0 spiro atoms. The second kappa shape index (κ2) is 10.4. The molecule has 2 aromatic carbocycles. The number of aliphatic hydroxyl groups is 1. The minimum absolute atomic E-state index is 0.01000. The number of hydrogen-bond donors (Lipinski definition) is 1. The molecule has 0 radical (unpaired) electrons. The van der Waals surface area contributed by atoms with E-state index in [-0.39, 0.29) is 35.0 Å². The first-order chi connectivity index (χ1) is 15.9. The summed E-state index contributed by atoms with van der Waals surface area (Å²) in [6.45, 7) is -0.502. The molecule has 1 heterocycles. The molecule has 186 valence electrons. The number of benzene rings is 2. The van der Waals surface area contributed by atoms with Crippen molar-refractivity contribution in [3.8, 4) is 5.75 Å². The van der Waals surface area contributed by atoms with E-state index in [9.17, 15) is 31.5 Å². The van der Waals surface area contributed by atoms with E-state index in [1.807, 2.05) is 0 Å². The zero-order valence-corrected chi connectivity index (χ0v) is 19.5. The fourth-order valence-corrected chi connectivity index (χ4v) is 5.70. The molecule has 1 amide bonds. The van der Waals surface area contributed by atoms with Crippen LogP contribution in [0.15, 0.2) is 53.4 Å². The van der Waals surface area contributed by atoms with Crippen molar-refractivity contribution in [3.63, 3.8) is 0 Å². The third-order valence-electron chi connectivity index (χ3n) is 5.25. The summed E-state index contributed by atoms with van der Waals surface area (Å²) in [6, 6.07) is 9.78. The van der Waals surface area contributed by atoms with Crippen LogP contribution in [0.5, 0.6) is 5.75 Å². The lowest BCUT2D eigenvalue weighted by molar-refractivity contribution is -0.274. The van der Waals surface area contributed by atoms with Crippen molar-refractivity contribution in [2.75, 3.05) is 25.1 Å². The van der Waals surface area contributed by atoms with Crippen LogP contribution in [-0.2, 0) is 14.8 Å². The SMILES string of the molecule is CN(C(=O)O[C@@H]1CCN(S(=O)(=O)c2ccccc2Cl)[C@@H](CO)C1)c1ccc(OC(F)(F)F)cc1. The molecule has 8 nitrogen and oxygen atoms in total. The second-order valence-corrected chi connectivity index (χ2v) is 9.78. The molecule has 0 unspecified atom stereocenters. The van der Waals surface area contributed by atoms with E-state index in [4.69, 9.17) is 16.3 Å². The smallest absolute Gasteiger partial charge is 0.446 e. The van der Waals surface area contributed by atoms with Gasteiger partial charge < -0.3 is 14.6 Å². The summed E-state index contributed by atoms with van der Waals surface area (Å²) in [5, 5.41) is 9.86. The van der Waals surface area contributed by atoms with Gasteiger partial charge in [-0.05, 0) is 42.8 Å². The molecule has 13 heteroatoms. The van der Waals surface area contributed by atoms with Gasteiger partial charge in [-0.1, -0.05) is 23.7 Å². The van der Waals surface area contributed by atoms with Crippen molar-refractivity contribution in [3.05, 3.63) is 53.6 Å². The van der Waals surface area contributed by atoms with Crippen molar-refractivity contribution in [1.29, 1.82) is 0 Å². The minimum Gasteiger partial charge on any atom is -0.446 e. The predicted octanol–water partition coefficient (Wildman–Crippen LogP) is 4.03. The molecule has 1 aliphatic rings. The van der Waals surface area contributed by atoms with Crippen LogP contribution < -0.4 is 9.64 Å². The highest BCUT2D eigenvalue weighted by molar-refractivity contribution is 7.89. The zero-order valence-electron chi connectivity index (χ0n) is 17.9. The summed E-state index contributed by atoms with van der Waals surface area (Å²) in [4.78, 5) is 13.6. The first-order valence-corrected chi connectivity index (χ1v) is 11.9. The molecule has 0 aromatic heterocycles. The molecule has 1 N–H and O–H groups in total. The highest BCUT2D eigenvalue weighted by Gasteiger charge is 2.39. The number of halogens is 4. The quantitative estimate of drug-likeness (QED) is 0.615. The molecule has 0 bridgehead atoms. The minimum atomic E-state index is -4.83. The zero-order chi connectivity index (χ0) is 25.1. The fourth-order valence-electron chi connectivity index (χ4n) is 3.56. The van der Waals surface area contributed by atoms with Crippen LogP contribution in [-0.4, -0.2) is 62.6 Å². The normalized spacial score (nSPS) is 19.5. The van der Waals surface area contributed by atoms with Gasteiger partial charge in [0, 0.05) is 25.7 Å². The second-order valence-electron chi connectivity index (χ2n) is 7.51. The molecule has 1 aliphatic heterocycles. The van der Waals surface area contributed by atoms with E-state index >= 15 is 0 Å². The number of carbonyl (C=O) groups excluding carboxylic acids is 1. The molecule has 2 atom stereocenters. The molecule has 1 saturated heterocycles. The molecule has 0 aliphatic carbocycles. The van der Waals surface area contributed by atoms with Gasteiger partial charge in [-0.15, -0.1) is 13.2 Å². The summed E-state index contributed by atoms with van der Waals surface area (Å²) in [5.41, 5.74) is 0.261. The molecule has 1 fully saturated rings. The van der Waals surface area contributed by atoms with Crippen LogP contribution >= 0.6 is 11.6 Å². The first kappa shape index (κ1) is 26.1. The van der Waals surface area contributed by atoms with Gasteiger partial charge in [0.25, 0.3) is 0 Å². The number of anilines is 1. The Hall–Kier alpha value is -2.54. The summed E-state index contributed by atoms with van der Waals surface area (Å²) in [6.07, 6.45) is -6.06. The summed E-state index contributed by atoms with van der Waals surface area (Å²) in [5.74, 6) is -0.434. The van der Waals surface area contributed by atoms with Gasteiger partial charge in [0.2, 0.25) is 10.0 Å². The molecule has 2 aromatic rings. The van der Waals surface area contributed by atoms with Gasteiger partial charge in [0.05, 0.1) is 17.7 Å². The lowest BCUT2D eigenvalue weighted by atomic mass is 10.0.